The third-order valence-electron chi connectivity index (χ3n) is 5.61. The summed E-state index contributed by atoms with van der Waals surface area (Å²) in [5, 5.41) is 0. The van der Waals surface area contributed by atoms with E-state index in [4.69, 9.17) is 18.9 Å². The van der Waals surface area contributed by atoms with Gasteiger partial charge in [-0.3, -0.25) is 0 Å². The first-order valence-electron chi connectivity index (χ1n) is 10.6. The van der Waals surface area contributed by atoms with Crippen molar-refractivity contribution in [2.24, 2.45) is 5.92 Å². The van der Waals surface area contributed by atoms with Gasteiger partial charge in [-0.2, -0.15) is 0 Å². The largest absolute Gasteiger partial charge is 0.356 e. The van der Waals surface area contributed by atoms with Crippen LogP contribution in [-0.2, 0) is 18.9 Å². The molecule has 1 atom stereocenters. The van der Waals surface area contributed by atoms with Gasteiger partial charge in [0.1, 0.15) is 0 Å². The molecule has 4 heteroatoms. The maximum atomic E-state index is 5.65. The fourth-order valence-corrected chi connectivity index (χ4v) is 3.52. The molecule has 0 radical (unpaired) electrons. The van der Waals surface area contributed by atoms with Gasteiger partial charge in [0.15, 0.2) is 12.1 Å². The van der Waals surface area contributed by atoms with Gasteiger partial charge in [0.05, 0.1) is 13.2 Å². The topological polar surface area (TPSA) is 36.9 Å². The van der Waals surface area contributed by atoms with Gasteiger partial charge >= 0.3 is 0 Å². The molecule has 0 aliphatic carbocycles. The Kier molecular flexibility index (Phi) is 11.9. The lowest BCUT2D eigenvalue weighted by atomic mass is 9.90. The molecule has 1 aliphatic rings. The highest BCUT2D eigenvalue weighted by Gasteiger charge is 2.29. The first-order valence-corrected chi connectivity index (χ1v) is 10.6. The monoisotopic (exact) mass is 394 g/mol. The first kappa shape index (κ1) is 25.1. The minimum atomic E-state index is -0.377. The molecule has 162 valence electrons. The Morgan fingerprint density at radius 2 is 1.57 bits per heavy atom. The van der Waals surface area contributed by atoms with Crippen LogP contribution in [0.5, 0.6) is 0 Å². The van der Waals surface area contributed by atoms with Crippen molar-refractivity contribution in [2.45, 2.75) is 84.7 Å². The molecule has 0 saturated carbocycles. The zero-order valence-electron chi connectivity index (χ0n) is 19.0. The summed E-state index contributed by atoms with van der Waals surface area (Å²) >= 11 is 0. The predicted octanol–water partition coefficient (Wildman–Crippen LogP) is 6.18. The number of allylic oxidation sites excluding steroid dienone is 5. The second-order valence-electron chi connectivity index (χ2n) is 8.23. The summed E-state index contributed by atoms with van der Waals surface area (Å²) in [5.74, 6) is 0.0499. The van der Waals surface area contributed by atoms with Crippen LogP contribution in [-0.4, -0.2) is 39.5 Å². The van der Waals surface area contributed by atoms with E-state index < -0.39 is 0 Å². The minimum Gasteiger partial charge on any atom is -0.356 e. The smallest absolute Gasteiger partial charge is 0.166 e. The molecule has 0 aromatic rings. The Morgan fingerprint density at radius 3 is 2.14 bits per heavy atom. The van der Waals surface area contributed by atoms with Crippen LogP contribution in [0.25, 0.3) is 0 Å². The van der Waals surface area contributed by atoms with Gasteiger partial charge < -0.3 is 18.9 Å². The van der Waals surface area contributed by atoms with E-state index in [1.807, 2.05) is 6.92 Å². The van der Waals surface area contributed by atoms with Gasteiger partial charge in [-0.05, 0) is 65.7 Å². The van der Waals surface area contributed by atoms with Crippen LogP contribution >= 0.6 is 0 Å². The molecule has 0 aromatic carbocycles. The summed E-state index contributed by atoms with van der Waals surface area (Å²) in [4.78, 5) is 0. The molecular weight excluding hydrogens is 352 g/mol. The van der Waals surface area contributed by atoms with Crippen molar-refractivity contribution in [3.63, 3.8) is 0 Å². The summed E-state index contributed by atoms with van der Waals surface area (Å²) in [6, 6.07) is 0. The highest BCUT2D eigenvalue weighted by atomic mass is 16.7. The van der Waals surface area contributed by atoms with Gasteiger partial charge in [0.2, 0.25) is 0 Å². The fourth-order valence-electron chi connectivity index (χ4n) is 3.52. The van der Waals surface area contributed by atoms with Crippen molar-refractivity contribution in [3.8, 4) is 0 Å². The Bertz CT molecular complexity index is 511. The highest BCUT2D eigenvalue weighted by molar-refractivity contribution is 5.05. The molecule has 4 nitrogen and oxygen atoms in total. The maximum absolute atomic E-state index is 5.65. The van der Waals surface area contributed by atoms with Gasteiger partial charge in [-0.15, -0.1) is 0 Å². The number of hydrogen-bond donors (Lipinski definition) is 0. The standard InChI is InChI=1S/C24H42O4/c1-19(2)22(18-23(25-6)26-7)14-13-21(4)11-8-10-20(3)12-9-15-24(5)27-16-17-28-24/h11-12,22-23H,1,8-10,13-18H2,2-7H3/b20-12+,21-11+/t22-/m1/s1. The lowest BCUT2D eigenvalue weighted by Crippen LogP contribution is -2.24. The average Bonchev–Trinajstić information content (AvgIpc) is 3.08. The number of ether oxygens (including phenoxy) is 4. The molecule has 0 amide bonds. The number of methoxy groups -OCH3 is 2. The van der Waals surface area contributed by atoms with Crippen LogP contribution in [0.15, 0.2) is 35.5 Å². The van der Waals surface area contributed by atoms with Gasteiger partial charge in [0, 0.05) is 27.1 Å². The van der Waals surface area contributed by atoms with Crippen molar-refractivity contribution >= 4 is 0 Å². The second-order valence-corrected chi connectivity index (χ2v) is 8.23. The summed E-state index contributed by atoms with van der Waals surface area (Å²) < 4.78 is 22.0. The molecule has 28 heavy (non-hydrogen) atoms. The summed E-state index contributed by atoms with van der Waals surface area (Å²) in [6.45, 7) is 14.2. The lowest BCUT2D eigenvalue weighted by molar-refractivity contribution is -0.145. The Morgan fingerprint density at radius 1 is 1.00 bits per heavy atom. The predicted molar refractivity (Wildman–Crippen MR) is 116 cm³/mol. The van der Waals surface area contributed by atoms with Gasteiger partial charge in [-0.25, -0.2) is 0 Å². The second kappa shape index (κ2) is 13.3. The van der Waals surface area contributed by atoms with Crippen LogP contribution in [0.3, 0.4) is 0 Å². The molecule has 0 bridgehead atoms. The Hall–Kier alpha value is -0.940. The molecule has 1 fully saturated rings. The van der Waals surface area contributed by atoms with Crippen LogP contribution in [0, 0.1) is 5.92 Å². The molecule has 0 spiro atoms. The zero-order valence-corrected chi connectivity index (χ0v) is 19.0. The summed E-state index contributed by atoms with van der Waals surface area (Å²) in [7, 11) is 3.39. The average molecular weight is 395 g/mol. The van der Waals surface area contributed by atoms with E-state index in [0.29, 0.717) is 19.1 Å². The third-order valence-corrected chi connectivity index (χ3v) is 5.61. The Labute approximate surface area is 173 Å². The van der Waals surface area contributed by atoms with Crippen LogP contribution < -0.4 is 0 Å². The van der Waals surface area contributed by atoms with Crippen molar-refractivity contribution in [3.05, 3.63) is 35.5 Å². The highest BCUT2D eigenvalue weighted by Crippen LogP contribution is 2.26. The summed E-state index contributed by atoms with van der Waals surface area (Å²) in [5.41, 5.74) is 4.09. The van der Waals surface area contributed by atoms with Crippen LogP contribution in [0.4, 0.5) is 0 Å². The van der Waals surface area contributed by atoms with E-state index in [2.05, 4.69) is 39.5 Å². The molecule has 1 aliphatic heterocycles. The minimum absolute atomic E-state index is 0.152. The lowest BCUT2D eigenvalue weighted by Gasteiger charge is -2.22. The van der Waals surface area contributed by atoms with Gasteiger partial charge in [-0.1, -0.05) is 35.5 Å². The molecule has 0 unspecified atom stereocenters. The quantitative estimate of drug-likeness (QED) is 0.260. The Balaban J connectivity index is 2.32. The van der Waals surface area contributed by atoms with Crippen LogP contribution in [0.2, 0.25) is 0 Å². The van der Waals surface area contributed by atoms with Crippen molar-refractivity contribution in [2.75, 3.05) is 27.4 Å². The molecule has 1 rings (SSSR count). The molecule has 0 N–H and O–H groups in total. The van der Waals surface area contributed by atoms with Crippen molar-refractivity contribution in [1.29, 1.82) is 0 Å². The van der Waals surface area contributed by atoms with Gasteiger partial charge in [0.25, 0.3) is 0 Å². The molecule has 0 aromatic heterocycles. The van der Waals surface area contributed by atoms with Crippen LogP contribution in [0.1, 0.15) is 72.6 Å². The van der Waals surface area contributed by atoms with Crippen molar-refractivity contribution in [1.82, 2.24) is 0 Å². The molecule has 1 heterocycles. The van der Waals surface area contributed by atoms with Crippen molar-refractivity contribution < 1.29 is 18.9 Å². The third kappa shape index (κ3) is 10.0. The van der Waals surface area contributed by atoms with E-state index in [-0.39, 0.29) is 12.1 Å². The van der Waals surface area contributed by atoms with E-state index in [9.17, 15) is 0 Å². The zero-order chi connectivity index (χ0) is 21.0. The number of rotatable bonds is 14. The fraction of sp³-hybridized carbons (Fsp3) is 0.750. The molecule has 1 saturated heterocycles. The van der Waals surface area contributed by atoms with E-state index in [0.717, 1.165) is 44.9 Å². The summed E-state index contributed by atoms with van der Waals surface area (Å²) in [6.07, 6.45) is 11.7. The van der Waals surface area contributed by atoms with E-state index in [1.165, 1.54) is 16.7 Å². The first-order chi connectivity index (χ1) is 13.3. The maximum Gasteiger partial charge on any atom is 0.166 e. The number of hydrogen-bond acceptors (Lipinski definition) is 4. The molecular formula is C24H42O4. The SMILES string of the molecule is C=C(C)[C@H](CC/C(C)=C/CC/C(C)=C/CCC1(C)OCCO1)CC(OC)OC. The van der Waals surface area contributed by atoms with E-state index >= 15 is 0 Å². The van der Waals surface area contributed by atoms with E-state index in [1.54, 1.807) is 14.2 Å². The normalized spacial score (nSPS) is 18.7.